The lowest BCUT2D eigenvalue weighted by Crippen LogP contribution is -2.00. The number of nitrogens with zero attached hydrogens (tertiary/aromatic N) is 1. The maximum absolute atomic E-state index is 10.1. The van der Waals surface area contributed by atoms with Crippen LogP contribution in [0.3, 0.4) is 0 Å². The molecule has 47 valence electrons. The topological polar surface area (TPSA) is 66.9 Å². The zero-order chi connectivity index (χ0) is 6.69. The van der Waals surface area contributed by atoms with Crippen LogP contribution in [-0.4, -0.2) is 11.1 Å². The highest BCUT2D eigenvalue weighted by molar-refractivity contribution is 5.74. The van der Waals surface area contributed by atoms with E-state index in [1.165, 1.54) is 6.20 Å². The number of aromatic nitrogens is 1. The molecule has 0 aromatic carbocycles. The summed E-state index contributed by atoms with van der Waals surface area (Å²) in [6, 6.07) is 1.56. The third-order valence-electron chi connectivity index (χ3n) is 0.826. The fraction of sp³-hybridized carbons (Fsp3) is 0.200. The maximum atomic E-state index is 10.1. The predicted octanol–water partition coefficient (Wildman–Crippen LogP) is 0.0266. The van der Waals surface area contributed by atoms with Crippen molar-refractivity contribution >= 4 is 5.91 Å². The molecule has 4 heteroatoms. The minimum atomic E-state index is -0.660. The lowest BCUT2D eigenvalue weighted by Gasteiger charge is -1.83. The molecule has 1 amide bonds. The van der Waals surface area contributed by atoms with Crippen molar-refractivity contribution < 1.29 is 9.32 Å². The Balaban J connectivity index is 2.58. The molecule has 1 heterocycles. The highest BCUT2D eigenvalue weighted by atomic mass is 16.5. The smallest absolute Gasteiger partial charge is 0.246 e. The number of rotatable bonds is 2. The van der Waals surface area contributed by atoms with Gasteiger partial charge in [0.1, 0.15) is 5.76 Å². The normalized spacial score (nSPS) is 9.33. The standard InChI is InChI=1S/C5H5N2O2/c6-5(8)3-4-1-2-7-9-4/h1-2,6H,3H2. The summed E-state index contributed by atoms with van der Waals surface area (Å²) in [7, 11) is 0. The van der Waals surface area contributed by atoms with Crippen LogP contribution in [0.15, 0.2) is 16.8 Å². The zero-order valence-corrected chi connectivity index (χ0v) is 4.63. The van der Waals surface area contributed by atoms with Crippen LogP contribution in [0, 0.1) is 0 Å². The van der Waals surface area contributed by atoms with Gasteiger partial charge in [0.2, 0.25) is 5.91 Å². The number of hydrogen-bond acceptors (Lipinski definition) is 3. The Bertz CT molecular complexity index is 193. The van der Waals surface area contributed by atoms with Crippen molar-refractivity contribution in [3.05, 3.63) is 18.0 Å². The van der Waals surface area contributed by atoms with Crippen molar-refractivity contribution in [2.45, 2.75) is 6.42 Å². The first-order chi connectivity index (χ1) is 4.29. The molecule has 0 spiro atoms. The van der Waals surface area contributed by atoms with E-state index in [0.717, 1.165) is 0 Å². The van der Waals surface area contributed by atoms with Gasteiger partial charge in [-0.1, -0.05) is 5.16 Å². The summed E-state index contributed by atoms with van der Waals surface area (Å²) in [6.07, 6.45) is 1.46. The van der Waals surface area contributed by atoms with E-state index < -0.39 is 5.91 Å². The second-order valence-electron chi connectivity index (χ2n) is 1.58. The average Bonchev–Trinajstić information content (AvgIpc) is 2.15. The largest absolute Gasteiger partial charge is 0.361 e. The Morgan fingerprint density at radius 2 is 2.67 bits per heavy atom. The lowest BCUT2D eigenvalue weighted by atomic mass is 10.3. The summed E-state index contributed by atoms with van der Waals surface area (Å²) < 4.78 is 4.55. The Morgan fingerprint density at radius 1 is 1.89 bits per heavy atom. The van der Waals surface area contributed by atoms with Gasteiger partial charge in [-0.2, -0.15) is 0 Å². The summed E-state index contributed by atoms with van der Waals surface area (Å²) in [5, 5.41) is 3.36. The van der Waals surface area contributed by atoms with Crippen LogP contribution in [0.25, 0.3) is 0 Å². The van der Waals surface area contributed by atoms with Crippen LogP contribution in [0.5, 0.6) is 0 Å². The van der Waals surface area contributed by atoms with Gasteiger partial charge in [0, 0.05) is 6.07 Å². The first kappa shape index (κ1) is 5.81. The van der Waals surface area contributed by atoms with E-state index in [-0.39, 0.29) is 6.42 Å². The van der Waals surface area contributed by atoms with E-state index in [1.54, 1.807) is 6.07 Å². The van der Waals surface area contributed by atoms with Crippen LogP contribution >= 0.6 is 0 Å². The van der Waals surface area contributed by atoms with Gasteiger partial charge in [0.05, 0.1) is 12.6 Å². The number of nitrogens with one attached hydrogen (secondary N) is 1. The lowest BCUT2D eigenvalue weighted by molar-refractivity contribution is -0.118. The molecule has 4 nitrogen and oxygen atoms in total. The van der Waals surface area contributed by atoms with Crippen LogP contribution in [-0.2, 0) is 11.2 Å². The van der Waals surface area contributed by atoms with Crippen molar-refractivity contribution in [2.24, 2.45) is 0 Å². The molecule has 0 aliphatic rings. The summed E-state index contributed by atoms with van der Waals surface area (Å²) in [4.78, 5) is 10.1. The van der Waals surface area contributed by atoms with E-state index in [1.807, 2.05) is 0 Å². The van der Waals surface area contributed by atoms with Crippen molar-refractivity contribution in [3.63, 3.8) is 0 Å². The van der Waals surface area contributed by atoms with Gasteiger partial charge in [-0.25, -0.2) is 0 Å². The van der Waals surface area contributed by atoms with Crippen LogP contribution in [0.1, 0.15) is 5.76 Å². The molecular weight excluding hydrogens is 120 g/mol. The van der Waals surface area contributed by atoms with Crippen molar-refractivity contribution in [1.29, 1.82) is 0 Å². The molecule has 0 fully saturated rings. The quantitative estimate of drug-likeness (QED) is 0.559. The van der Waals surface area contributed by atoms with Crippen LogP contribution in [0.4, 0.5) is 0 Å². The second kappa shape index (κ2) is 2.30. The van der Waals surface area contributed by atoms with E-state index in [4.69, 9.17) is 5.73 Å². The van der Waals surface area contributed by atoms with E-state index >= 15 is 0 Å². The molecule has 0 saturated heterocycles. The third-order valence-corrected chi connectivity index (χ3v) is 0.826. The number of carbonyl (C=O) groups is 1. The molecule has 1 radical (unpaired) electrons. The van der Waals surface area contributed by atoms with Gasteiger partial charge < -0.3 is 4.52 Å². The minimum Gasteiger partial charge on any atom is -0.361 e. The molecule has 1 N–H and O–H groups in total. The summed E-state index contributed by atoms with van der Waals surface area (Å²) in [5.41, 5.74) is 6.53. The van der Waals surface area contributed by atoms with Gasteiger partial charge in [0.15, 0.2) is 0 Å². The van der Waals surface area contributed by atoms with Crippen molar-refractivity contribution in [2.75, 3.05) is 0 Å². The summed E-state index contributed by atoms with van der Waals surface area (Å²) in [6.45, 7) is 0. The average molecular weight is 125 g/mol. The van der Waals surface area contributed by atoms with Crippen molar-refractivity contribution in [3.8, 4) is 0 Å². The molecular formula is C5H5N2O2. The fourth-order valence-corrected chi connectivity index (χ4v) is 0.492. The molecule has 9 heavy (non-hydrogen) atoms. The van der Waals surface area contributed by atoms with Gasteiger partial charge in [0.25, 0.3) is 0 Å². The first-order valence-corrected chi connectivity index (χ1v) is 2.43. The van der Waals surface area contributed by atoms with Gasteiger partial charge in [-0.05, 0) is 0 Å². The molecule has 0 atom stereocenters. The maximum Gasteiger partial charge on any atom is 0.246 e. The van der Waals surface area contributed by atoms with E-state index in [9.17, 15) is 4.79 Å². The van der Waals surface area contributed by atoms with E-state index in [0.29, 0.717) is 5.76 Å². The van der Waals surface area contributed by atoms with E-state index in [2.05, 4.69) is 9.68 Å². The molecule has 0 unspecified atom stereocenters. The third kappa shape index (κ3) is 1.56. The zero-order valence-electron chi connectivity index (χ0n) is 4.63. The van der Waals surface area contributed by atoms with Gasteiger partial charge >= 0.3 is 0 Å². The Hall–Kier alpha value is -1.32. The van der Waals surface area contributed by atoms with Crippen molar-refractivity contribution in [1.82, 2.24) is 10.9 Å². The Kier molecular flexibility index (Phi) is 1.48. The number of amides is 1. The molecule has 0 aliphatic heterocycles. The Morgan fingerprint density at radius 3 is 3.11 bits per heavy atom. The fourth-order valence-electron chi connectivity index (χ4n) is 0.492. The molecule has 0 saturated carbocycles. The minimum absolute atomic E-state index is 0.0139. The monoisotopic (exact) mass is 125 g/mol. The highest BCUT2D eigenvalue weighted by Gasteiger charge is 2.00. The molecule has 1 rings (SSSR count). The summed E-state index contributed by atoms with van der Waals surface area (Å²) in [5.74, 6) is -0.221. The molecule has 1 aromatic rings. The second-order valence-corrected chi connectivity index (χ2v) is 1.58. The Labute approximate surface area is 51.6 Å². The van der Waals surface area contributed by atoms with Gasteiger partial charge in [-0.3, -0.25) is 10.5 Å². The number of carbonyl (C=O) groups excluding carboxylic acids is 1. The summed E-state index contributed by atoms with van der Waals surface area (Å²) >= 11 is 0. The molecule has 0 bridgehead atoms. The highest BCUT2D eigenvalue weighted by Crippen LogP contribution is 1.95. The predicted molar refractivity (Wildman–Crippen MR) is 28.3 cm³/mol. The SMILES string of the molecule is [NH]C(=O)Cc1ccno1. The molecule has 0 aliphatic carbocycles. The number of hydrogen-bond donors (Lipinski definition) is 0. The molecule has 1 aromatic heterocycles. The van der Waals surface area contributed by atoms with Gasteiger partial charge in [-0.15, -0.1) is 0 Å². The first-order valence-electron chi connectivity index (χ1n) is 2.43. The van der Waals surface area contributed by atoms with Crippen LogP contribution in [0.2, 0.25) is 0 Å². The van der Waals surface area contributed by atoms with Crippen LogP contribution < -0.4 is 5.73 Å².